The van der Waals surface area contributed by atoms with E-state index in [2.05, 4.69) is 32.9 Å². The fourth-order valence-electron chi connectivity index (χ4n) is 3.35. The van der Waals surface area contributed by atoms with Crippen LogP contribution in [0.25, 0.3) is 0 Å². The standard InChI is InChI=1S/C12H19N5O/c1-2-4-9(11-14-16-17-15-11)13-12(18)10-7-5-3-6-8(7)10/h7-10H,2-6H2,1H3,(H,13,18)(H,14,15,16,17)/t7-,8-,9-/m0/s1. The molecule has 0 bridgehead atoms. The second-order valence-electron chi connectivity index (χ2n) is 5.40. The van der Waals surface area contributed by atoms with Gasteiger partial charge in [0.15, 0.2) is 5.82 Å². The molecule has 0 aliphatic heterocycles. The molecule has 2 aliphatic carbocycles. The van der Waals surface area contributed by atoms with Crippen molar-refractivity contribution in [2.24, 2.45) is 17.8 Å². The van der Waals surface area contributed by atoms with E-state index in [-0.39, 0.29) is 17.9 Å². The predicted octanol–water partition coefficient (Wildman–Crippen LogP) is 1.20. The lowest BCUT2D eigenvalue weighted by molar-refractivity contribution is -0.124. The van der Waals surface area contributed by atoms with E-state index in [0.717, 1.165) is 12.8 Å². The number of amides is 1. The van der Waals surface area contributed by atoms with E-state index in [0.29, 0.717) is 17.7 Å². The van der Waals surface area contributed by atoms with Crippen LogP contribution in [0, 0.1) is 17.8 Å². The molecule has 0 aromatic carbocycles. The normalized spacial score (nSPS) is 30.8. The minimum absolute atomic E-state index is 0.0948. The summed E-state index contributed by atoms with van der Waals surface area (Å²) in [5.74, 6) is 2.34. The first-order valence-electron chi connectivity index (χ1n) is 6.85. The molecule has 1 amide bonds. The minimum atomic E-state index is -0.0948. The predicted molar refractivity (Wildman–Crippen MR) is 64.3 cm³/mol. The molecule has 2 saturated carbocycles. The second-order valence-corrected chi connectivity index (χ2v) is 5.40. The van der Waals surface area contributed by atoms with Crippen LogP contribution in [0.1, 0.15) is 50.9 Å². The number of aromatic nitrogens is 4. The Balaban J connectivity index is 1.61. The van der Waals surface area contributed by atoms with Crippen LogP contribution in [0.3, 0.4) is 0 Å². The van der Waals surface area contributed by atoms with Gasteiger partial charge in [0.2, 0.25) is 5.91 Å². The van der Waals surface area contributed by atoms with Crippen molar-refractivity contribution in [2.75, 3.05) is 0 Å². The fraction of sp³-hybridized carbons (Fsp3) is 0.833. The summed E-state index contributed by atoms with van der Waals surface area (Å²) < 4.78 is 0. The molecule has 6 heteroatoms. The molecule has 0 unspecified atom stereocenters. The molecule has 18 heavy (non-hydrogen) atoms. The van der Waals surface area contributed by atoms with Crippen molar-refractivity contribution in [3.63, 3.8) is 0 Å². The van der Waals surface area contributed by atoms with Gasteiger partial charge in [-0.3, -0.25) is 4.79 Å². The van der Waals surface area contributed by atoms with Crippen molar-refractivity contribution in [1.82, 2.24) is 25.9 Å². The first-order valence-corrected chi connectivity index (χ1v) is 6.85. The van der Waals surface area contributed by atoms with Crippen LogP contribution in [0.5, 0.6) is 0 Å². The molecule has 6 nitrogen and oxygen atoms in total. The molecule has 0 spiro atoms. The van der Waals surface area contributed by atoms with Crippen molar-refractivity contribution < 1.29 is 4.79 Å². The maximum absolute atomic E-state index is 12.2. The number of aromatic amines is 1. The highest BCUT2D eigenvalue weighted by Crippen LogP contribution is 2.57. The first kappa shape index (κ1) is 11.6. The van der Waals surface area contributed by atoms with E-state index in [1.165, 1.54) is 19.3 Å². The van der Waals surface area contributed by atoms with Gasteiger partial charge in [0.1, 0.15) is 0 Å². The summed E-state index contributed by atoms with van der Waals surface area (Å²) in [7, 11) is 0. The number of carbonyl (C=O) groups excluding carboxylic acids is 1. The topological polar surface area (TPSA) is 83.6 Å². The Labute approximate surface area is 106 Å². The summed E-state index contributed by atoms with van der Waals surface area (Å²) in [6, 6.07) is -0.0948. The molecule has 2 aliphatic rings. The Bertz CT molecular complexity index is 408. The molecule has 3 atom stereocenters. The largest absolute Gasteiger partial charge is 0.346 e. The third kappa shape index (κ3) is 2.00. The zero-order valence-electron chi connectivity index (χ0n) is 10.6. The van der Waals surface area contributed by atoms with Gasteiger partial charge >= 0.3 is 0 Å². The van der Waals surface area contributed by atoms with Crippen LogP contribution in [-0.4, -0.2) is 26.5 Å². The van der Waals surface area contributed by atoms with Crippen molar-refractivity contribution in [3.05, 3.63) is 5.82 Å². The average molecular weight is 249 g/mol. The van der Waals surface area contributed by atoms with Crippen molar-refractivity contribution in [3.8, 4) is 0 Å². The van der Waals surface area contributed by atoms with Gasteiger partial charge in [-0.2, -0.15) is 5.21 Å². The molecule has 0 saturated heterocycles. The Morgan fingerprint density at radius 3 is 2.89 bits per heavy atom. The van der Waals surface area contributed by atoms with E-state index < -0.39 is 0 Å². The highest BCUT2D eigenvalue weighted by molar-refractivity contribution is 5.82. The number of fused-ring (bicyclic) bond motifs is 1. The maximum atomic E-state index is 12.2. The van der Waals surface area contributed by atoms with Crippen molar-refractivity contribution in [2.45, 2.75) is 45.1 Å². The molecule has 3 rings (SSSR count). The summed E-state index contributed by atoms with van der Waals surface area (Å²) in [5.41, 5.74) is 0. The van der Waals surface area contributed by atoms with Gasteiger partial charge in [-0.1, -0.05) is 25.0 Å². The van der Waals surface area contributed by atoms with Gasteiger partial charge in [-0.25, -0.2) is 0 Å². The molecule has 1 heterocycles. The molecular formula is C12H19N5O. The minimum Gasteiger partial charge on any atom is -0.346 e. The Kier molecular flexibility index (Phi) is 3.01. The van der Waals surface area contributed by atoms with Gasteiger partial charge < -0.3 is 5.32 Å². The number of tetrazole rings is 1. The smallest absolute Gasteiger partial charge is 0.224 e. The van der Waals surface area contributed by atoms with Crippen LogP contribution < -0.4 is 5.32 Å². The van der Waals surface area contributed by atoms with Crippen LogP contribution in [0.2, 0.25) is 0 Å². The van der Waals surface area contributed by atoms with E-state index in [1.54, 1.807) is 0 Å². The zero-order valence-corrected chi connectivity index (χ0v) is 10.6. The van der Waals surface area contributed by atoms with Gasteiger partial charge in [0, 0.05) is 5.92 Å². The Morgan fingerprint density at radius 2 is 2.28 bits per heavy atom. The van der Waals surface area contributed by atoms with Crippen LogP contribution in [0.4, 0.5) is 0 Å². The number of hydrogen-bond acceptors (Lipinski definition) is 4. The molecule has 2 fully saturated rings. The summed E-state index contributed by atoms with van der Waals surface area (Å²) in [6.07, 6.45) is 5.58. The molecule has 1 aromatic rings. The monoisotopic (exact) mass is 249 g/mol. The van der Waals surface area contributed by atoms with Crippen molar-refractivity contribution in [1.29, 1.82) is 0 Å². The first-order chi connectivity index (χ1) is 8.81. The van der Waals surface area contributed by atoms with Gasteiger partial charge in [-0.05, 0) is 31.1 Å². The molecule has 98 valence electrons. The van der Waals surface area contributed by atoms with E-state index >= 15 is 0 Å². The lowest BCUT2D eigenvalue weighted by atomic mass is 10.1. The van der Waals surface area contributed by atoms with E-state index in [4.69, 9.17) is 0 Å². The van der Waals surface area contributed by atoms with Gasteiger partial charge in [-0.15, -0.1) is 10.2 Å². The Hall–Kier alpha value is -1.46. The maximum Gasteiger partial charge on any atom is 0.224 e. The molecular weight excluding hydrogens is 230 g/mol. The van der Waals surface area contributed by atoms with Gasteiger partial charge in [0.05, 0.1) is 6.04 Å². The third-order valence-corrected chi connectivity index (χ3v) is 4.28. The van der Waals surface area contributed by atoms with Crippen molar-refractivity contribution >= 4 is 5.91 Å². The highest BCUT2D eigenvalue weighted by Gasteiger charge is 2.56. The molecule has 2 N–H and O–H groups in total. The van der Waals surface area contributed by atoms with Crippen LogP contribution in [0.15, 0.2) is 0 Å². The van der Waals surface area contributed by atoms with E-state index in [1.807, 2.05) is 0 Å². The SMILES string of the molecule is CCC[C@H](NC(=O)C1[C@H]2CCC[C@H]12)c1nn[nH]n1. The van der Waals surface area contributed by atoms with E-state index in [9.17, 15) is 4.79 Å². The van der Waals surface area contributed by atoms with Gasteiger partial charge in [0.25, 0.3) is 0 Å². The van der Waals surface area contributed by atoms with Crippen LogP contribution in [-0.2, 0) is 4.79 Å². The number of H-pyrrole nitrogens is 1. The molecule has 0 radical (unpaired) electrons. The number of rotatable bonds is 5. The lowest BCUT2D eigenvalue weighted by Gasteiger charge is -2.15. The number of carbonyl (C=O) groups is 1. The summed E-state index contributed by atoms with van der Waals surface area (Å²) in [5, 5.41) is 17.1. The fourth-order valence-corrected chi connectivity index (χ4v) is 3.35. The average Bonchev–Trinajstić information content (AvgIpc) is 2.81. The molecule has 1 aromatic heterocycles. The quantitative estimate of drug-likeness (QED) is 0.821. The number of hydrogen-bond donors (Lipinski definition) is 2. The third-order valence-electron chi connectivity index (χ3n) is 4.28. The number of nitrogens with zero attached hydrogens (tertiary/aromatic N) is 3. The Morgan fingerprint density at radius 1 is 1.50 bits per heavy atom. The zero-order chi connectivity index (χ0) is 12.5. The van der Waals surface area contributed by atoms with Crippen LogP contribution >= 0.6 is 0 Å². The number of nitrogens with one attached hydrogen (secondary N) is 2. The summed E-state index contributed by atoms with van der Waals surface area (Å²) in [4.78, 5) is 12.2. The second kappa shape index (κ2) is 4.66. The highest BCUT2D eigenvalue weighted by atomic mass is 16.2. The summed E-state index contributed by atoms with van der Waals surface area (Å²) in [6.45, 7) is 2.09. The lowest BCUT2D eigenvalue weighted by Crippen LogP contribution is -2.31. The summed E-state index contributed by atoms with van der Waals surface area (Å²) >= 11 is 0.